The first-order valence-electron chi connectivity index (χ1n) is 9.56. The third-order valence-corrected chi connectivity index (χ3v) is 8.10. The molecule has 0 N–H and O–H groups in total. The van der Waals surface area contributed by atoms with E-state index in [0.29, 0.717) is 11.0 Å². The maximum atomic E-state index is 2.78. The molecule has 2 saturated carbocycles. The Morgan fingerprint density at radius 1 is 1.17 bits per heavy atom. The Labute approximate surface area is 145 Å². The van der Waals surface area contributed by atoms with Gasteiger partial charge in [0.15, 0.2) is 0 Å². The van der Waals surface area contributed by atoms with E-state index in [9.17, 15) is 0 Å². The second-order valence-corrected chi connectivity index (χ2v) is 9.61. The Balaban J connectivity index is 1.39. The van der Waals surface area contributed by atoms with E-state index in [1.807, 2.05) is 11.3 Å². The average Bonchev–Trinajstić information content (AvgIpc) is 3.06. The second kappa shape index (κ2) is 6.16. The lowest BCUT2D eigenvalue weighted by Gasteiger charge is -2.48. The third-order valence-electron chi connectivity index (χ3n) is 7.04. The summed E-state index contributed by atoms with van der Waals surface area (Å²) >= 11 is 1.95. The van der Waals surface area contributed by atoms with Gasteiger partial charge in [0.05, 0.1) is 5.54 Å². The van der Waals surface area contributed by atoms with Gasteiger partial charge in [0.2, 0.25) is 0 Å². The zero-order chi connectivity index (χ0) is 15.9. The molecular weight excluding hydrogens is 300 g/mol. The molecule has 0 unspecified atom stereocenters. The first-order chi connectivity index (χ1) is 11.1. The number of nitrogens with zero attached hydrogens (tertiary/aromatic N) is 2. The van der Waals surface area contributed by atoms with Crippen LogP contribution in [0.15, 0.2) is 17.5 Å². The van der Waals surface area contributed by atoms with Crippen molar-refractivity contribution in [3.8, 4) is 0 Å². The number of likely N-dealkylation sites (tertiary alicyclic amines) is 1. The molecule has 0 aromatic carbocycles. The van der Waals surface area contributed by atoms with Crippen molar-refractivity contribution in [2.45, 2.75) is 56.9 Å². The molecule has 1 saturated heterocycles. The highest BCUT2D eigenvalue weighted by Gasteiger charge is 2.47. The minimum atomic E-state index is 0.306. The van der Waals surface area contributed by atoms with E-state index >= 15 is 0 Å². The molecule has 2 heterocycles. The summed E-state index contributed by atoms with van der Waals surface area (Å²) in [4.78, 5) is 6.87. The van der Waals surface area contributed by atoms with Crippen LogP contribution in [0.4, 0.5) is 0 Å². The van der Waals surface area contributed by atoms with Crippen molar-refractivity contribution < 1.29 is 0 Å². The molecule has 3 heteroatoms. The summed E-state index contributed by atoms with van der Waals surface area (Å²) in [6, 6.07) is 4.59. The van der Waals surface area contributed by atoms with E-state index in [1.54, 1.807) is 4.88 Å². The molecule has 3 fully saturated rings. The van der Waals surface area contributed by atoms with Crippen LogP contribution in [0.1, 0.15) is 56.2 Å². The van der Waals surface area contributed by atoms with Crippen LogP contribution in [0.3, 0.4) is 0 Å². The zero-order valence-electron chi connectivity index (χ0n) is 14.9. The van der Waals surface area contributed by atoms with Gasteiger partial charge in [-0.25, -0.2) is 0 Å². The molecule has 2 aliphatic carbocycles. The topological polar surface area (TPSA) is 6.48 Å². The van der Waals surface area contributed by atoms with Crippen molar-refractivity contribution in [3.05, 3.63) is 22.4 Å². The van der Waals surface area contributed by atoms with E-state index in [1.165, 1.54) is 71.0 Å². The van der Waals surface area contributed by atoms with E-state index < -0.39 is 0 Å². The maximum Gasteiger partial charge on any atom is 0.0549 e. The highest BCUT2D eigenvalue weighted by Crippen LogP contribution is 2.52. The van der Waals surface area contributed by atoms with Crippen LogP contribution < -0.4 is 0 Å². The first-order valence-corrected chi connectivity index (χ1v) is 10.4. The third kappa shape index (κ3) is 3.12. The van der Waals surface area contributed by atoms with Crippen molar-refractivity contribution in [2.75, 3.05) is 33.7 Å². The molecule has 0 amide bonds. The lowest BCUT2D eigenvalue weighted by molar-refractivity contribution is 0.0407. The smallest absolute Gasteiger partial charge is 0.0549 e. The van der Waals surface area contributed by atoms with Crippen molar-refractivity contribution in [1.82, 2.24) is 9.80 Å². The largest absolute Gasteiger partial charge is 0.303 e. The summed E-state index contributed by atoms with van der Waals surface area (Å²) in [5.41, 5.74) is 0.946. The lowest BCUT2D eigenvalue weighted by atomic mass is 9.66. The zero-order valence-corrected chi connectivity index (χ0v) is 15.7. The van der Waals surface area contributed by atoms with Gasteiger partial charge in [0.25, 0.3) is 0 Å². The highest BCUT2D eigenvalue weighted by molar-refractivity contribution is 7.10. The molecule has 0 atom stereocenters. The Bertz CT molecular complexity index is 510. The van der Waals surface area contributed by atoms with Crippen LogP contribution in [-0.2, 0) is 5.54 Å². The highest BCUT2D eigenvalue weighted by atomic mass is 32.1. The van der Waals surface area contributed by atoms with Gasteiger partial charge in [0.1, 0.15) is 0 Å². The molecule has 128 valence electrons. The van der Waals surface area contributed by atoms with Crippen LogP contribution in [-0.4, -0.2) is 43.5 Å². The normalized spacial score (nSPS) is 35.4. The van der Waals surface area contributed by atoms with E-state index in [4.69, 9.17) is 0 Å². The van der Waals surface area contributed by atoms with Gasteiger partial charge in [-0.2, -0.15) is 0 Å². The number of hydrogen-bond acceptors (Lipinski definition) is 3. The van der Waals surface area contributed by atoms with Gasteiger partial charge in [0, 0.05) is 11.4 Å². The summed E-state index contributed by atoms with van der Waals surface area (Å²) in [5.74, 6) is 1.08. The minimum Gasteiger partial charge on any atom is -0.303 e. The average molecular weight is 333 g/mol. The second-order valence-electron chi connectivity index (χ2n) is 8.66. The first kappa shape index (κ1) is 16.1. The van der Waals surface area contributed by atoms with Crippen molar-refractivity contribution in [1.29, 1.82) is 0 Å². The van der Waals surface area contributed by atoms with Gasteiger partial charge < -0.3 is 4.90 Å². The molecule has 4 rings (SSSR count). The summed E-state index contributed by atoms with van der Waals surface area (Å²) in [6.07, 6.45) is 11.5. The number of thiophene rings is 1. The SMILES string of the molecule is CN(C)C1(c2cccs2)CCC2(CCN(CCC3CC3)C2)CC1. The molecule has 1 spiro atoms. The van der Waals surface area contributed by atoms with Crippen LogP contribution in [0, 0.1) is 11.3 Å². The fraction of sp³-hybridized carbons (Fsp3) is 0.800. The molecule has 1 aromatic heterocycles. The van der Waals surface area contributed by atoms with Crippen molar-refractivity contribution in [2.24, 2.45) is 11.3 Å². The van der Waals surface area contributed by atoms with Crippen LogP contribution in [0.25, 0.3) is 0 Å². The number of rotatable bonds is 5. The van der Waals surface area contributed by atoms with Crippen molar-refractivity contribution >= 4 is 11.3 Å². The van der Waals surface area contributed by atoms with Gasteiger partial charge in [-0.1, -0.05) is 18.9 Å². The lowest BCUT2D eigenvalue weighted by Crippen LogP contribution is -2.47. The minimum absolute atomic E-state index is 0.306. The summed E-state index contributed by atoms with van der Waals surface area (Å²) in [5, 5.41) is 2.25. The molecule has 1 aliphatic heterocycles. The summed E-state index contributed by atoms with van der Waals surface area (Å²) in [7, 11) is 4.57. The summed E-state index contributed by atoms with van der Waals surface area (Å²) < 4.78 is 0. The van der Waals surface area contributed by atoms with Crippen LogP contribution in [0.5, 0.6) is 0 Å². The predicted molar refractivity (Wildman–Crippen MR) is 99.0 cm³/mol. The maximum absolute atomic E-state index is 2.78. The Kier molecular flexibility index (Phi) is 4.32. The van der Waals surface area contributed by atoms with Gasteiger partial charge >= 0.3 is 0 Å². The Morgan fingerprint density at radius 2 is 1.96 bits per heavy atom. The van der Waals surface area contributed by atoms with E-state index in [0.717, 1.165) is 5.92 Å². The molecular formula is C20H32N2S. The Morgan fingerprint density at radius 3 is 2.57 bits per heavy atom. The number of hydrogen-bond donors (Lipinski definition) is 0. The van der Waals surface area contributed by atoms with Gasteiger partial charge in [-0.15, -0.1) is 11.3 Å². The Hall–Kier alpha value is -0.380. The van der Waals surface area contributed by atoms with Crippen molar-refractivity contribution in [3.63, 3.8) is 0 Å². The summed E-state index contributed by atoms with van der Waals surface area (Å²) in [6.45, 7) is 4.12. The molecule has 1 aromatic rings. The monoisotopic (exact) mass is 332 g/mol. The fourth-order valence-electron chi connectivity index (χ4n) is 5.05. The predicted octanol–water partition coefficient (Wildman–Crippen LogP) is 4.57. The van der Waals surface area contributed by atoms with E-state index in [-0.39, 0.29) is 0 Å². The van der Waals surface area contributed by atoms with Crippen LogP contribution >= 0.6 is 11.3 Å². The molecule has 3 aliphatic rings. The standard InChI is InChI=1S/C20H32N2S/c1-21(2)20(18-4-3-15-23-18)10-8-19(9-11-20)12-14-22(16-19)13-7-17-5-6-17/h3-4,15,17H,5-14,16H2,1-2H3. The van der Waals surface area contributed by atoms with Gasteiger partial charge in [-0.3, -0.25) is 4.90 Å². The van der Waals surface area contributed by atoms with Gasteiger partial charge in [-0.05, 0) is 88.5 Å². The molecule has 0 radical (unpaired) electrons. The fourth-order valence-corrected chi connectivity index (χ4v) is 6.12. The van der Waals surface area contributed by atoms with E-state index in [2.05, 4.69) is 41.4 Å². The molecule has 23 heavy (non-hydrogen) atoms. The molecule has 2 nitrogen and oxygen atoms in total. The molecule has 0 bridgehead atoms. The van der Waals surface area contributed by atoms with Crippen LogP contribution in [0.2, 0.25) is 0 Å². The quantitative estimate of drug-likeness (QED) is 0.779.